The zero-order chi connectivity index (χ0) is 42.3. The van der Waals surface area contributed by atoms with E-state index in [1.54, 1.807) is 6.92 Å². The minimum atomic E-state index is -1.39. The zero-order valence-electron chi connectivity index (χ0n) is 34.4. The number of hydrogen-bond donors (Lipinski definition) is 0. The molecule has 2 aliphatic heterocycles. The van der Waals surface area contributed by atoms with Crippen LogP contribution in [-0.4, -0.2) is 92.3 Å². The third-order valence-electron chi connectivity index (χ3n) is 10.0. The van der Waals surface area contributed by atoms with E-state index in [1.807, 2.05) is 121 Å². The van der Waals surface area contributed by atoms with Gasteiger partial charge >= 0.3 is 17.9 Å². The van der Waals surface area contributed by atoms with Gasteiger partial charge in [-0.25, -0.2) is 0 Å². The number of benzene rings is 4. The van der Waals surface area contributed by atoms with E-state index in [0.717, 1.165) is 22.3 Å². The van der Waals surface area contributed by atoms with Crippen molar-refractivity contribution < 1.29 is 61.8 Å². The number of esters is 3. The first-order chi connectivity index (χ1) is 29.1. The van der Waals surface area contributed by atoms with Crippen LogP contribution in [0.25, 0.3) is 0 Å². The van der Waals surface area contributed by atoms with Crippen LogP contribution < -0.4 is 0 Å². The van der Waals surface area contributed by atoms with Crippen molar-refractivity contribution in [3.63, 3.8) is 0 Å². The van der Waals surface area contributed by atoms with Crippen molar-refractivity contribution in [2.45, 2.75) is 115 Å². The maximum atomic E-state index is 12.9. The molecule has 13 heteroatoms. The van der Waals surface area contributed by atoms with Gasteiger partial charge in [-0.15, -0.1) is 0 Å². The Bertz CT molecular complexity index is 1900. The molecule has 2 fully saturated rings. The lowest BCUT2D eigenvalue weighted by molar-refractivity contribution is -0.349. The fourth-order valence-corrected chi connectivity index (χ4v) is 7.34. The van der Waals surface area contributed by atoms with Crippen LogP contribution in [0.1, 0.15) is 49.9 Å². The van der Waals surface area contributed by atoms with Crippen molar-refractivity contribution in [1.82, 2.24) is 0 Å². The van der Waals surface area contributed by atoms with Gasteiger partial charge in [0.05, 0.1) is 45.7 Å². The second-order valence-corrected chi connectivity index (χ2v) is 14.8. The second-order valence-electron chi connectivity index (χ2n) is 14.8. The number of rotatable bonds is 19. The van der Waals surface area contributed by atoms with Gasteiger partial charge in [0, 0.05) is 20.8 Å². The Morgan fingerprint density at radius 2 is 0.800 bits per heavy atom. The molecule has 2 heterocycles. The van der Waals surface area contributed by atoms with E-state index in [9.17, 15) is 14.4 Å². The molecule has 0 spiro atoms. The van der Waals surface area contributed by atoms with E-state index in [4.69, 9.17) is 47.4 Å². The largest absolute Gasteiger partial charge is 0.457 e. The molecule has 0 amide bonds. The predicted molar refractivity (Wildman–Crippen MR) is 217 cm³/mol. The van der Waals surface area contributed by atoms with Crippen molar-refractivity contribution in [2.24, 2.45) is 0 Å². The van der Waals surface area contributed by atoms with E-state index in [2.05, 4.69) is 0 Å². The molecule has 6 rings (SSSR count). The first-order valence-electron chi connectivity index (χ1n) is 20.2. The van der Waals surface area contributed by atoms with Crippen molar-refractivity contribution in [1.29, 1.82) is 0 Å². The molecule has 60 heavy (non-hydrogen) atoms. The van der Waals surface area contributed by atoms with Crippen LogP contribution in [0, 0.1) is 0 Å². The molecular formula is C47H54O13. The molecule has 0 N–H and O–H groups in total. The average Bonchev–Trinajstić information content (AvgIpc) is 3.24. The van der Waals surface area contributed by atoms with E-state index in [1.165, 1.54) is 20.8 Å². The minimum absolute atomic E-state index is 0.0213. The van der Waals surface area contributed by atoms with Crippen LogP contribution in [0.5, 0.6) is 0 Å². The van der Waals surface area contributed by atoms with Gasteiger partial charge in [-0.1, -0.05) is 121 Å². The van der Waals surface area contributed by atoms with Crippen LogP contribution >= 0.6 is 0 Å². The van der Waals surface area contributed by atoms with Gasteiger partial charge in [0.15, 0.2) is 24.6 Å². The van der Waals surface area contributed by atoms with Gasteiger partial charge in [0.2, 0.25) is 0 Å². The molecule has 0 bridgehead atoms. The third-order valence-corrected chi connectivity index (χ3v) is 10.0. The summed E-state index contributed by atoms with van der Waals surface area (Å²) in [6.07, 6.45) is -10.3. The lowest BCUT2D eigenvalue weighted by Crippen LogP contribution is -2.66. The van der Waals surface area contributed by atoms with Gasteiger partial charge in [-0.05, 0) is 29.2 Å². The summed E-state index contributed by atoms with van der Waals surface area (Å²) in [5, 5.41) is 0. The molecule has 2 aliphatic rings. The Hall–Kier alpha value is -4.99. The number of carbonyl (C=O) groups is 3. The molecule has 0 radical (unpaired) electrons. The summed E-state index contributed by atoms with van der Waals surface area (Å²) in [6.45, 7) is 6.50. The second kappa shape index (κ2) is 22.6. The predicted octanol–water partition coefficient (Wildman–Crippen LogP) is 6.28. The van der Waals surface area contributed by atoms with Gasteiger partial charge in [0.1, 0.15) is 30.5 Å². The molecular weight excluding hydrogens is 773 g/mol. The lowest BCUT2D eigenvalue weighted by Gasteiger charge is -2.49. The topological polar surface area (TPSA) is 144 Å². The smallest absolute Gasteiger partial charge is 0.303 e. The Kier molecular flexibility index (Phi) is 16.8. The van der Waals surface area contributed by atoms with Crippen LogP contribution in [-0.2, 0) is 88.2 Å². The first kappa shape index (κ1) is 44.6. The Morgan fingerprint density at radius 1 is 0.450 bits per heavy atom. The van der Waals surface area contributed by atoms with E-state index in [0.29, 0.717) is 6.61 Å². The molecule has 4 aromatic carbocycles. The summed E-state index contributed by atoms with van der Waals surface area (Å²) in [7, 11) is 0. The van der Waals surface area contributed by atoms with Crippen molar-refractivity contribution in [2.75, 3.05) is 13.2 Å². The summed E-state index contributed by atoms with van der Waals surface area (Å²) in [6, 6.07) is 38.4. The van der Waals surface area contributed by atoms with Crippen LogP contribution in [0.4, 0.5) is 0 Å². The Morgan fingerprint density at radius 3 is 1.20 bits per heavy atom. The summed E-state index contributed by atoms with van der Waals surface area (Å²) in [5.74, 6) is -1.91. The lowest BCUT2D eigenvalue weighted by atomic mass is 9.94. The van der Waals surface area contributed by atoms with Crippen LogP contribution in [0.3, 0.4) is 0 Å². The fourth-order valence-electron chi connectivity index (χ4n) is 7.34. The summed E-state index contributed by atoms with van der Waals surface area (Å²) in [4.78, 5) is 38.5. The average molecular weight is 827 g/mol. The molecule has 320 valence electrons. The van der Waals surface area contributed by atoms with Crippen molar-refractivity contribution >= 4 is 17.9 Å². The highest BCUT2D eigenvalue weighted by atomic mass is 16.7. The van der Waals surface area contributed by atoms with E-state index < -0.39 is 79.1 Å². The van der Waals surface area contributed by atoms with Gasteiger partial charge < -0.3 is 47.4 Å². The monoisotopic (exact) mass is 826 g/mol. The Labute approximate surface area is 351 Å². The number of hydrogen-bond acceptors (Lipinski definition) is 13. The molecule has 0 aromatic heterocycles. The molecule has 0 aliphatic carbocycles. The normalized spacial score (nSPS) is 26.5. The van der Waals surface area contributed by atoms with Crippen molar-refractivity contribution in [3.05, 3.63) is 144 Å². The number of ether oxygens (including phenoxy) is 10. The maximum Gasteiger partial charge on any atom is 0.303 e. The Balaban J connectivity index is 1.31. The minimum Gasteiger partial charge on any atom is -0.457 e. The summed E-state index contributed by atoms with van der Waals surface area (Å²) in [5.41, 5.74) is 3.64. The van der Waals surface area contributed by atoms with E-state index >= 15 is 0 Å². The summed E-state index contributed by atoms with van der Waals surface area (Å²) < 4.78 is 63.2. The molecule has 0 saturated carbocycles. The highest BCUT2D eigenvalue weighted by molar-refractivity contribution is 5.67. The van der Waals surface area contributed by atoms with Gasteiger partial charge in [-0.2, -0.15) is 0 Å². The molecule has 4 aromatic rings. The van der Waals surface area contributed by atoms with E-state index in [-0.39, 0.29) is 33.0 Å². The molecule has 10 atom stereocenters. The maximum absolute atomic E-state index is 12.9. The van der Waals surface area contributed by atoms with Crippen LogP contribution in [0.2, 0.25) is 0 Å². The standard InChI is InChI=1S/C47H54O13/c1-31-41(44(56-32(2)48)42(53-27-37-21-13-7-14-22-37)39(55-31)29-51-25-35-17-9-5-10-18-35)60-47-46(58-34(4)50)45(57-33(3)49)43(54-28-38-23-15-8-16-24-38)40(59-47)30-52-26-36-19-11-6-12-20-36/h5-24,31,39-47H,25-30H2,1-4H3/t31-,39?,40?,41?,42+,43+,44?,45?,46?,47-/m1/s1. The highest BCUT2D eigenvalue weighted by Gasteiger charge is 2.55. The number of carbonyl (C=O) groups excluding carboxylic acids is 3. The van der Waals surface area contributed by atoms with Crippen LogP contribution in [0.15, 0.2) is 121 Å². The first-order valence-corrected chi connectivity index (χ1v) is 20.2. The third kappa shape index (κ3) is 13.0. The molecule has 6 unspecified atom stereocenters. The molecule has 2 saturated heterocycles. The molecule has 13 nitrogen and oxygen atoms in total. The quantitative estimate of drug-likeness (QED) is 0.0774. The highest BCUT2D eigenvalue weighted by Crippen LogP contribution is 2.36. The SMILES string of the molecule is CC(=O)OC1C(OC(C)=O)[C@@H](OCc2ccccc2)C(COCc2ccccc2)O[C@@H]1OC1C(OC(C)=O)[C@@H](OCc2ccccc2)C(COCc2ccccc2)O[C@@H]1C. The fraction of sp³-hybridized carbons (Fsp3) is 0.426. The van der Waals surface area contributed by atoms with Gasteiger partial charge in [-0.3, -0.25) is 14.4 Å². The zero-order valence-corrected chi connectivity index (χ0v) is 34.4. The summed E-state index contributed by atoms with van der Waals surface area (Å²) >= 11 is 0. The van der Waals surface area contributed by atoms with Crippen molar-refractivity contribution in [3.8, 4) is 0 Å². The van der Waals surface area contributed by atoms with Gasteiger partial charge in [0.25, 0.3) is 0 Å².